The molecule has 0 bridgehead atoms. The molecule has 1 fully saturated rings. The van der Waals surface area contributed by atoms with Gasteiger partial charge in [0.05, 0.1) is 28.6 Å². The van der Waals surface area contributed by atoms with Crippen molar-refractivity contribution < 1.29 is 19.2 Å². The highest BCUT2D eigenvalue weighted by Gasteiger charge is 2.22. The van der Waals surface area contributed by atoms with E-state index in [9.17, 15) is 19.7 Å². The smallest absolute Gasteiger partial charge is 0.344 e. The summed E-state index contributed by atoms with van der Waals surface area (Å²) in [5.41, 5.74) is 0.421. The third kappa shape index (κ3) is 5.53. The first kappa shape index (κ1) is 24.1. The number of nitro benzene ring substituents is 1. The highest BCUT2D eigenvalue weighted by molar-refractivity contribution is 5.82. The summed E-state index contributed by atoms with van der Waals surface area (Å²) in [5.74, 6) is 0.0400. The Kier molecular flexibility index (Phi) is 7.49. The number of carbonyl (C=O) groups is 1. The maximum atomic E-state index is 13.3. The van der Waals surface area contributed by atoms with Crippen molar-refractivity contribution in [1.82, 2.24) is 9.66 Å². The van der Waals surface area contributed by atoms with E-state index in [1.807, 2.05) is 12.1 Å². The van der Waals surface area contributed by atoms with Crippen molar-refractivity contribution in [3.05, 3.63) is 74.3 Å². The largest absolute Gasteiger partial charge is 0.475 e. The molecule has 0 atom stereocenters. The summed E-state index contributed by atoms with van der Waals surface area (Å²) in [6, 6.07) is 11.4. The van der Waals surface area contributed by atoms with Gasteiger partial charge in [-0.05, 0) is 44.0 Å². The van der Waals surface area contributed by atoms with Gasteiger partial charge in [0, 0.05) is 17.5 Å². The van der Waals surface area contributed by atoms with Crippen molar-refractivity contribution in [2.75, 3.05) is 13.2 Å². The molecule has 1 aromatic heterocycles. The molecule has 0 N–H and O–H groups in total. The number of hydrogen-bond donors (Lipinski definition) is 0. The Balaban J connectivity index is 1.69. The van der Waals surface area contributed by atoms with Gasteiger partial charge >= 0.3 is 11.7 Å². The van der Waals surface area contributed by atoms with E-state index in [4.69, 9.17) is 14.5 Å². The fourth-order valence-electron chi connectivity index (χ4n) is 4.22. The Morgan fingerprint density at radius 3 is 2.74 bits per heavy atom. The van der Waals surface area contributed by atoms with Crippen LogP contribution in [0.3, 0.4) is 0 Å². The average molecular weight is 479 g/mol. The number of benzene rings is 2. The van der Waals surface area contributed by atoms with Gasteiger partial charge in [0.25, 0.3) is 5.56 Å². The van der Waals surface area contributed by atoms with Crippen molar-refractivity contribution >= 4 is 28.8 Å². The van der Waals surface area contributed by atoms with Gasteiger partial charge in [0.1, 0.15) is 5.82 Å². The molecule has 4 rings (SSSR count). The Labute approximate surface area is 201 Å². The van der Waals surface area contributed by atoms with Crippen LogP contribution in [-0.4, -0.2) is 40.0 Å². The second-order valence-corrected chi connectivity index (χ2v) is 8.26. The summed E-state index contributed by atoms with van der Waals surface area (Å²) in [5, 5.41) is 16.4. The molecule has 2 aromatic carbocycles. The predicted molar refractivity (Wildman–Crippen MR) is 130 cm³/mol. The molecule has 0 aliphatic heterocycles. The zero-order chi connectivity index (χ0) is 24.8. The van der Waals surface area contributed by atoms with Crippen molar-refractivity contribution in [3.8, 4) is 5.75 Å². The standard InChI is InChI=1S/C25H26N4O6/c1-2-34-23(30)16-35-22-13-12-17(14-21(22)29(32)33)15-26-28-24(18-8-4-3-5-9-18)27-20-11-7-6-10-19(20)25(28)31/h6-7,10-15,18H,2-5,8-9,16H2,1H3. The van der Waals surface area contributed by atoms with Crippen molar-refractivity contribution in [3.63, 3.8) is 0 Å². The van der Waals surface area contributed by atoms with Crippen LogP contribution >= 0.6 is 0 Å². The van der Waals surface area contributed by atoms with Crippen LogP contribution in [0, 0.1) is 10.1 Å². The summed E-state index contributed by atoms with van der Waals surface area (Å²) in [6.45, 7) is 1.40. The van der Waals surface area contributed by atoms with Crippen LogP contribution in [0.5, 0.6) is 5.75 Å². The minimum atomic E-state index is -0.620. The minimum Gasteiger partial charge on any atom is -0.475 e. The van der Waals surface area contributed by atoms with E-state index in [1.54, 1.807) is 25.1 Å². The monoisotopic (exact) mass is 478 g/mol. The zero-order valence-electron chi connectivity index (χ0n) is 19.4. The Bertz CT molecular complexity index is 1330. The molecule has 35 heavy (non-hydrogen) atoms. The van der Waals surface area contributed by atoms with E-state index in [1.165, 1.54) is 23.0 Å². The molecule has 1 aliphatic rings. The number of carbonyl (C=O) groups excluding carboxylic acids is 1. The fourth-order valence-corrected chi connectivity index (χ4v) is 4.22. The number of nitro groups is 1. The van der Waals surface area contributed by atoms with Crippen LogP contribution in [0.15, 0.2) is 52.4 Å². The van der Waals surface area contributed by atoms with E-state index in [-0.39, 0.29) is 29.5 Å². The normalized spacial score (nSPS) is 14.3. The van der Waals surface area contributed by atoms with Gasteiger partial charge in [-0.1, -0.05) is 31.4 Å². The van der Waals surface area contributed by atoms with Crippen LogP contribution in [0.1, 0.15) is 56.3 Å². The lowest BCUT2D eigenvalue weighted by atomic mass is 9.88. The van der Waals surface area contributed by atoms with Crippen LogP contribution < -0.4 is 10.3 Å². The van der Waals surface area contributed by atoms with Crippen molar-refractivity contribution in [1.29, 1.82) is 0 Å². The second kappa shape index (κ2) is 10.9. The summed E-state index contributed by atoms with van der Waals surface area (Å²) in [4.78, 5) is 40.6. The van der Waals surface area contributed by atoms with E-state index >= 15 is 0 Å². The molecule has 10 nitrogen and oxygen atoms in total. The van der Waals surface area contributed by atoms with Gasteiger partial charge in [0.2, 0.25) is 0 Å². The van der Waals surface area contributed by atoms with Gasteiger partial charge in [-0.25, -0.2) is 9.78 Å². The molecule has 0 radical (unpaired) electrons. The highest BCUT2D eigenvalue weighted by Crippen LogP contribution is 2.32. The van der Waals surface area contributed by atoms with E-state index in [0.29, 0.717) is 22.3 Å². The number of aromatic nitrogens is 2. The number of esters is 1. The molecule has 1 saturated carbocycles. The highest BCUT2D eigenvalue weighted by atomic mass is 16.6. The number of hydrogen-bond acceptors (Lipinski definition) is 8. The summed E-state index contributed by atoms with van der Waals surface area (Å²) < 4.78 is 11.4. The molecule has 10 heteroatoms. The third-order valence-corrected chi connectivity index (χ3v) is 5.90. The third-order valence-electron chi connectivity index (χ3n) is 5.90. The van der Waals surface area contributed by atoms with Crippen LogP contribution in [0.4, 0.5) is 5.69 Å². The quantitative estimate of drug-likeness (QED) is 0.206. The van der Waals surface area contributed by atoms with Crippen LogP contribution in [0.25, 0.3) is 10.9 Å². The molecule has 0 unspecified atom stereocenters. The first-order valence-corrected chi connectivity index (χ1v) is 11.6. The molecule has 182 valence electrons. The molecule has 0 amide bonds. The summed E-state index contributed by atoms with van der Waals surface area (Å²) in [6.07, 6.45) is 6.54. The fraction of sp³-hybridized carbons (Fsp3) is 0.360. The summed E-state index contributed by atoms with van der Waals surface area (Å²) in [7, 11) is 0. The maximum absolute atomic E-state index is 13.3. The van der Waals surface area contributed by atoms with Crippen LogP contribution in [-0.2, 0) is 9.53 Å². The van der Waals surface area contributed by atoms with Crippen LogP contribution in [0.2, 0.25) is 0 Å². The molecule has 0 spiro atoms. The van der Waals surface area contributed by atoms with Gasteiger partial charge < -0.3 is 9.47 Å². The molecule has 1 heterocycles. The number of nitrogens with zero attached hydrogens (tertiary/aromatic N) is 4. The second-order valence-electron chi connectivity index (χ2n) is 8.26. The van der Waals surface area contributed by atoms with E-state index in [2.05, 4.69) is 5.10 Å². The molecule has 3 aromatic rings. The minimum absolute atomic E-state index is 0.0624. The lowest BCUT2D eigenvalue weighted by molar-refractivity contribution is -0.385. The Morgan fingerprint density at radius 2 is 2.00 bits per heavy atom. The molecule has 1 aliphatic carbocycles. The van der Waals surface area contributed by atoms with Gasteiger partial charge in [-0.2, -0.15) is 9.78 Å². The number of para-hydroxylation sites is 1. The topological polar surface area (TPSA) is 126 Å². The first-order valence-electron chi connectivity index (χ1n) is 11.6. The number of fused-ring (bicyclic) bond motifs is 1. The van der Waals surface area contributed by atoms with Crippen molar-refractivity contribution in [2.45, 2.75) is 44.9 Å². The van der Waals surface area contributed by atoms with E-state index < -0.39 is 17.5 Å². The molecular weight excluding hydrogens is 452 g/mol. The predicted octanol–water partition coefficient (Wildman–Crippen LogP) is 4.18. The average Bonchev–Trinajstić information content (AvgIpc) is 2.87. The van der Waals surface area contributed by atoms with Gasteiger partial charge in [0.15, 0.2) is 12.4 Å². The summed E-state index contributed by atoms with van der Waals surface area (Å²) >= 11 is 0. The Hall–Kier alpha value is -4.08. The molecular formula is C25H26N4O6. The lowest BCUT2D eigenvalue weighted by Crippen LogP contribution is -2.25. The van der Waals surface area contributed by atoms with Gasteiger partial charge in [-0.3, -0.25) is 14.9 Å². The van der Waals surface area contributed by atoms with Gasteiger partial charge in [-0.15, -0.1) is 0 Å². The SMILES string of the molecule is CCOC(=O)COc1ccc(C=Nn2c(C3CCCCC3)nc3ccccc3c2=O)cc1[N+](=O)[O-]. The number of ether oxygens (including phenoxy) is 2. The zero-order valence-corrected chi connectivity index (χ0v) is 19.4. The Morgan fingerprint density at radius 1 is 1.23 bits per heavy atom. The maximum Gasteiger partial charge on any atom is 0.344 e. The number of rotatable bonds is 8. The van der Waals surface area contributed by atoms with Crippen molar-refractivity contribution in [2.24, 2.45) is 5.10 Å². The molecule has 0 saturated heterocycles. The van der Waals surface area contributed by atoms with E-state index in [0.717, 1.165) is 32.1 Å². The first-order chi connectivity index (χ1) is 17.0. The lowest BCUT2D eigenvalue weighted by Gasteiger charge is -2.22.